The molecular formula is C15H31ClN4O2. The van der Waals surface area contributed by atoms with E-state index in [1.165, 1.54) is 0 Å². The highest BCUT2D eigenvalue weighted by atomic mass is 35.5. The Morgan fingerprint density at radius 2 is 1.77 bits per heavy atom. The molecule has 0 aliphatic carbocycles. The predicted molar refractivity (Wildman–Crippen MR) is 91.0 cm³/mol. The Morgan fingerprint density at radius 1 is 1.18 bits per heavy atom. The minimum atomic E-state index is -0.379. The summed E-state index contributed by atoms with van der Waals surface area (Å²) in [5.41, 5.74) is 5.88. The van der Waals surface area contributed by atoms with Crippen molar-refractivity contribution >= 4 is 24.2 Å². The minimum absolute atomic E-state index is 0. The molecule has 3 N–H and O–H groups in total. The molecule has 1 fully saturated rings. The van der Waals surface area contributed by atoms with E-state index in [1.54, 1.807) is 0 Å². The number of nitrogens with one attached hydrogen (secondary N) is 1. The summed E-state index contributed by atoms with van der Waals surface area (Å²) in [7, 11) is 0. The number of nitrogens with zero attached hydrogens (tertiary/aromatic N) is 2. The quantitative estimate of drug-likeness (QED) is 0.714. The third-order valence-corrected chi connectivity index (χ3v) is 3.99. The van der Waals surface area contributed by atoms with Crippen LogP contribution in [0.25, 0.3) is 0 Å². The van der Waals surface area contributed by atoms with Crippen LogP contribution in [0.2, 0.25) is 0 Å². The van der Waals surface area contributed by atoms with E-state index in [0.717, 1.165) is 32.4 Å². The lowest BCUT2D eigenvalue weighted by molar-refractivity contribution is -0.134. The zero-order chi connectivity index (χ0) is 15.8. The second kappa shape index (κ2) is 10.8. The molecule has 1 aliphatic heterocycles. The van der Waals surface area contributed by atoms with Gasteiger partial charge in [-0.15, -0.1) is 12.4 Å². The smallest absolute Gasteiger partial charge is 0.239 e. The van der Waals surface area contributed by atoms with Gasteiger partial charge in [-0.3, -0.25) is 14.5 Å². The monoisotopic (exact) mass is 334 g/mol. The number of amides is 2. The van der Waals surface area contributed by atoms with E-state index in [0.29, 0.717) is 19.6 Å². The second-order valence-corrected chi connectivity index (χ2v) is 5.87. The average molecular weight is 335 g/mol. The molecule has 22 heavy (non-hydrogen) atoms. The van der Waals surface area contributed by atoms with Crippen LogP contribution >= 0.6 is 12.4 Å². The fourth-order valence-electron chi connectivity index (χ4n) is 2.42. The number of piperazine rings is 1. The number of hydrogen-bond donors (Lipinski definition) is 2. The summed E-state index contributed by atoms with van der Waals surface area (Å²) in [4.78, 5) is 27.9. The molecule has 130 valence electrons. The summed E-state index contributed by atoms with van der Waals surface area (Å²) in [6, 6.07) is -0.164. The average Bonchev–Trinajstić information content (AvgIpc) is 2.47. The highest BCUT2D eigenvalue weighted by molar-refractivity contribution is 5.85. The summed E-state index contributed by atoms with van der Waals surface area (Å²) in [5.74, 6) is 0.104. The molecule has 2 unspecified atom stereocenters. The maximum Gasteiger partial charge on any atom is 0.239 e. The number of carbonyl (C=O) groups excluding carboxylic acids is 2. The van der Waals surface area contributed by atoms with Gasteiger partial charge < -0.3 is 16.0 Å². The van der Waals surface area contributed by atoms with Gasteiger partial charge >= 0.3 is 0 Å². The van der Waals surface area contributed by atoms with Crippen molar-refractivity contribution in [3.05, 3.63) is 0 Å². The normalized spacial score (nSPS) is 18.3. The largest absolute Gasteiger partial charge is 0.353 e. The van der Waals surface area contributed by atoms with Gasteiger partial charge in [-0.05, 0) is 19.8 Å². The molecule has 0 bridgehead atoms. The first-order chi connectivity index (χ1) is 9.97. The molecule has 1 aliphatic rings. The molecule has 0 saturated carbocycles. The molecule has 0 aromatic rings. The van der Waals surface area contributed by atoms with Crippen LogP contribution in [-0.4, -0.2) is 66.4 Å². The van der Waals surface area contributed by atoms with E-state index in [4.69, 9.17) is 5.73 Å². The van der Waals surface area contributed by atoms with Gasteiger partial charge in [0.25, 0.3) is 0 Å². The van der Waals surface area contributed by atoms with Crippen LogP contribution in [0.5, 0.6) is 0 Å². The third-order valence-electron chi connectivity index (χ3n) is 3.99. The van der Waals surface area contributed by atoms with Gasteiger partial charge in [0, 0.05) is 32.2 Å². The number of hydrogen-bond acceptors (Lipinski definition) is 4. The van der Waals surface area contributed by atoms with Crippen molar-refractivity contribution in [2.75, 3.05) is 32.7 Å². The van der Waals surface area contributed by atoms with Crippen LogP contribution in [0.15, 0.2) is 0 Å². The predicted octanol–water partition coefficient (Wildman–Crippen LogP) is 0.595. The van der Waals surface area contributed by atoms with E-state index >= 15 is 0 Å². The molecule has 1 saturated heterocycles. The van der Waals surface area contributed by atoms with Gasteiger partial charge in [-0.25, -0.2) is 0 Å². The Kier molecular flexibility index (Phi) is 10.4. The zero-order valence-corrected chi connectivity index (χ0v) is 14.8. The topological polar surface area (TPSA) is 78.7 Å². The van der Waals surface area contributed by atoms with E-state index in [9.17, 15) is 9.59 Å². The summed E-state index contributed by atoms with van der Waals surface area (Å²) in [6.45, 7) is 9.28. The Hall–Kier alpha value is -0.850. The Morgan fingerprint density at radius 3 is 2.27 bits per heavy atom. The standard InChI is InChI=1S/C15H30N4O2.ClH/c1-4-6-13(16)15(21)19-9-7-18(8-10-19)11-14(20)17-12(3)5-2;/h12-13H,4-11,16H2,1-3H3,(H,17,20);1H. The van der Waals surface area contributed by atoms with E-state index in [-0.39, 0.29) is 36.3 Å². The molecular weight excluding hydrogens is 304 g/mol. The minimum Gasteiger partial charge on any atom is -0.353 e. The first-order valence-corrected chi connectivity index (χ1v) is 8.04. The van der Waals surface area contributed by atoms with Crippen LogP contribution in [0, 0.1) is 0 Å². The Labute approximate surface area is 140 Å². The first kappa shape index (κ1) is 21.1. The van der Waals surface area contributed by atoms with Crippen LogP contribution in [-0.2, 0) is 9.59 Å². The van der Waals surface area contributed by atoms with E-state index in [1.807, 2.05) is 18.7 Å². The van der Waals surface area contributed by atoms with Crippen LogP contribution in [0.1, 0.15) is 40.0 Å². The maximum absolute atomic E-state index is 12.1. The number of nitrogens with two attached hydrogens (primary N) is 1. The van der Waals surface area contributed by atoms with Crippen LogP contribution < -0.4 is 11.1 Å². The molecule has 2 atom stereocenters. The Balaban J connectivity index is 0.00000441. The lowest BCUT2D eigenvalue weighted by Gasteiger charge is -2.35. The lowest BCUT2D eigenvalue weighted by Crippen LogP contribution is -2.54. The highest BCUT2D eigenvalue weighted by Gasteiger charge is 2.25. The van der Waals surface area contributed by atoms with Crippen LogP contribution in [0.3, 0.4) is 0 Å². The van der Waals surface area contributed by atoms with Crippen molar-refractivity contribution < 1.29 is 9.59 Å². The summed E-state index contributed by atoms with van der Waals surface area (Å²) in [6.07, 6.45) is 2.59. The SMILES string of the molecule is CCCC(N)C(=O)N1CCN(CC(=O)NC(C)CC)CC1.Cl. The highest BCUT2D eigenvalue weighted by Crippen LogP contribution is 2.06. The van der Waals surface area contributed by atoms with Gasteiger partial charge in [0.05, 0.1) is 12.6 Å². The summed E-state index contributed by atoms with van der Waals surface area (Å²) in [5, 5.41) is 2.96. The molecule has 7 heteroatoms. The second-order valence-electron chi connectivity index (χ2n) is 5.87. The molecule has 0 spiro atoms. The van der Waals surface area contributed by atoms with Crippen LogP contribution in [0.4, 0.5) is 0 Å². The molecule has 0 aromatic heterocycles. The van der Waals surface area contributed by atoms with Crippen molar-refractivity contribution in [3.63, 3.8) is 0 Å². The van der Waals surface area contributed by atoms with Crippen molar-refractivity contribution in [1.29, 1.82) is 0 Å². The van der Waals surface area contributed by atoms with E-state index in [2.05, 4.69) is 17.1 Å². The Bertz CT molecular complexity index is 346. The molecule has 0 radical (unpaired) electrons. The lowest BCUT2D eigenvalue weighted by atomic mass is 10.1. The van der Waals surface area contributed by atoms with Gasteiger partial charge in [-0.2, -0.15) is 0 Å². The molecule has 0 aromatic carbocycles. The third kappa shape index (κ3) is 6.94. The zero-order valence-electron chi connectivity index (χ0n) is 14.0. The van der Waals surface area contributed by atoms with Gasteiger partial charge in [0.1, 0.15) is 0 Å². The number of halogens is 1. The molecule has 2 amide bonds. The van der Waals surface area contributed by atoms with Crippen molar-refractivity contribution in [2.24, 2.45) is 5.73 Å². The number of carbonyl (C=O) groups is 2. The van der Waals surface area contributed by atoms with Crippen molar-refractivity contribution in [2.45, 2.75) is 52.1 Å². The summed E-state index contributed by atoms with van der Waals surface area (Å²) >= 11 is 0. The van der Waals surface area contributed by atoms with Gasteiger partial charge in [-0.1, -0.05) is 20.3 Å². The maximum atomic E-state index is 12.1. The fourth-order valence-corrected chi connectivity index (χ4v) is 2.42. The molecule has 1 rings (SSSR count). The number of rotatable bonds is 7. The van der Waals surface area contributed by atoms with Gasteiger partial charge in [0.2, 0.25) is 11.8 Å². The molecule has 1 heterocycles. The van der Waals surface area contributed by atoms with Crippen molar-refractivity contribution in [3.8, 4) is 0 Å². The van der Waals surface area contributed by atoms with E-state index < -0.39 is 0 Å². The summed E-state index contributed by atoms with van der Waals surface area (Å²) < 4.78 is 0. The first-order valence-electron chi connectivity index (χ1n) is 8.04. The van der Waals surface area contributed by atoms with Gasteiger partial charge in [0.15, 0.2) is 0 Å². The fraction of sp³-hybridized carbons (Fsp3) is 0.867. The molecule has 6 nitrogen and oxygen atoms in total. The van der Waals surface area contributed by atoms with Crippen molar-refractivity contribution in [1.82, 2.24) is 15.1 Å².